The monoisotopic (exact) mass is 195 g/mol. The van der Waals surface area contributed by atoms with Gasteiger partial charge in [0.25, 0.3) is 0 Å². The number of allylic oxidation sites excluding steroid dienone is 1. The molecule has 0 spiro atoms. The van der Waals surface area contributed by atoms with Crippen LogP contribution in [-0.2, 0) is 4.74 Å². The van der Waals surface area contributed by atoms with Gasteiger partial charge < -0.3 is 4.74 Å². The maximum absolute atomic E-state index is 5.78. The van der Waals surface area contributed by atoms with Crippen molar-refractivity contribution in [1.82, 2.24) is 0 Å². The SMILES string of the molecule is CCOC1CC2([Si](C)C)C=CC1C2. The van der Waals surface area contributed by atoms with E-state index in [1.807, 2.05) is 0 Å². The van der Waals surface area contributed by atoms with Crippen LogP contribution >= 0.6 is 0 Å². The van der Waals surface area contributed by atoms with Crippen molar-refractivity contribution < 1.29 is 4.74 Å². The van der Waals surface area contributed by atoms with Crippen molar-refractivity contribution in [1.29, 1.82) is 0 Å². The first-order chi connectivity index (χ1) is 6.18. The third-order valence-electron chi connectivity index (χ3n) is 3.68. The van der Waals surface area contributed by atoms with Crippen molar-refractivity contribution in [2.24, 2.45) is 5.92 Å². The third-order valence-corrected chi connectivity index (χ3v) is 6.25. The van der Waals surface area contributed by atoms with Crippen LogP contribution in [0.2, 0.25) is 18.1 Å². The van der Waals surface area contributed by atoms with Crippen LogP contribution in [-0.4, -0.2) is 21.5 Å². The highest BCUT2D eigenvalue weighted by molar-refractivity contribution is 6.60. The van der Waals surface area contributed by atoms with E-state index in [0.717, 1.165) is 12.5 Å². The fraction of sp³-hybridized carbons (Fsp3) is 0.818. The zero-order valence-electron chi connectivity index (χ0n) is 8.84. The lowest BCUT2D eigenvalue weighted by Gasteiger charge is -2.28. The Balaban J connectivity index is 2.09. The molecule has 13 heavy (non-hydrogen) atoms. The summed E-state index contributed by atoms with van der Waals surface area (Å²) in [5.74, 6) is 0.736. The predicted molar refractivity (Wildman–Crippen MR) is 57.5 cm³/mol. The average Bonchev–Trinajstić information content (AvgIpc) is 2.63. The van der Waals surface area contributed by atoms with Crippen LogP contribution in [0.1, 0.15) is 19.8 Å². The molecule has 0 aromatic carbocycles. The molecule has 1 radical (unpaired) electrons. The van der Waals surface area contributed by atoms with Gasteiger partial charge in [-0.25, -0.2) is 0 Å². The Morgan fingerprint density at radius 2 is 2.23 bits per heavy atom. The fourth-order valence-electron chi connectivity index (χ4n) is 2.75. The van der Waals surface area contributed by atoms with E-state index in [4.69, 9.17) is 4.74 Å². The average molecular weight is 195 g/mol. The Morgan fingerprint density at radius 3 is 2.77 bits per heavy atom. The number of hydrogen-bond acceptors (Lipinski definition) is 1. The second-order valence-electron chi connectivity index (χ2n) is 4.58. The summed E-state index contributed by atoms with van der Waals surface area (Å²) in [6.07, 6.45) is 8.10. The van der Waals surface area contributed by atoms with Gasteiger partial charge in [0.1, 0.15) is 0 Å². The summed E-state index contributed by atoms with van der Waals surface area (Å²) in [4.78, 5) is 0. The first kappa shape index (κ1) is 9.47. The van der Waals surface area contributed by atoms with E-state index in [2.05, 4.69) is 32.2 Å². The molecule has 0 N–H and O–H groups in total. The van der Waals surface area contributed by atoms with E-state index in [-0.39, 0.29) is 8.80 Å². The maximum atomic E-state index is 5.78. The summed E-state index contributed by atoms with van der Waals surface area (Å²) < 4.78 is 5.78. The Hall–Kier alpha value is -0.0831. The molecule has 1 nitrogen and oxygen atoms in total. The van der Waals surface area contributed by atoms with Crippen molar-refractivity contribution in [3.63, 3.8) is 0 Å². The molecule has 0 aromatic rings. The van der Waals surface area contributed by atoms with Crippen LogP contribution in [0.3, 0.4) is 0 Å². The Bertz CT molecular complexity index is 224. The highest BCUT2D eigenvalue weighted by Crippen LogP contribution is 2.57. The smallest absolute Gasteiger partial charge is 0.0643 e. The molecule has 2 bridgehead atoms. The molecule has 2 aliphatic carbocycles. The van der Waals surface area contributed by atoms with Gasteiger partial charge in [-0.05, 0) is 24.8 Å². The zero-order chi connectivity index (χ0) is 9.47. The second kappa shape index (κ2) is 3.25. The van der Waals surface area contributed by atoms with Crippen LogP contribution in [0.25, 0.3) is 0 Å². The molecule has 2 aliphatic rings. The first-order valence-corrected chi connectivity index (χ1v) is 7.79. The second-order valence-corrected chi connectivity index (χ2v) is 7.58. The highest BCUT2D eigenvalue weighted by atomic mass is 28.3. The summed E-state index contributed by atoms with van der Waals surface area (Å²) in [7, 11) is -0.198. The van der Waals surface area contributed by atoms with Gasteiger partial charge in [0.15, 0.2) is 0 Å². The Labute approximate surface area is 82.8 Å². The normalized spacial score (nSPS) is 42.2. The Kier molecular flexibility index (Phi) is 2.36. The standard InChI is InChI=1S/C11H19OSi/c1-4-12-10-8-11(13(2)3)6-5-9(10)7-11/h5-6,9-10H,4,7-8H2,1-3H3. The lowest BCUT2D eigenvalue weighted by molar-refractivity contribution is 0.0459. The van der Waals surface area contributed by atoms with Gasteiger partial charge in [0, 0.05) is 12.5 Å². The van der Waals surface area contributed by atoms with Crippen molar-refractivity contribution in [3.8, 4) is 0 Å². The van der Waals surface area contributed by atoms with Crippen LogP contribution < -0.4 is 0 Å². The number of ether oxygens (including phenoxy) is 1. The van der Waals surface area contributed by atoms with Gasteiger partial charge in [-0.15, -0.1) is 0 Å². The van der Waals surface area contributed by atoms with Crippen LogP contribution in [0.15, 0.2) is 12.2 Å². The highest BCUT2D eigenvalue weighted by Gasteiger charge is 2.49. The van der Waals surface area contributed by atoms with Gasteiger partial charge >= 0.3 is 0 Å². The molecule has 3 unspecified atom stereocenters. The summed E-state index contributed by atoms with van der Waals surface area (Å²) in [5, 5.41) is 0.579. The molecule has 3 atom stereocenters. The van der Waals surface area contributed by atoms with E-state index in [1.54, 1.807) is 0 Å². The quantitative estimate of drug-likeness (QED) is 0.497. The molecule has 0 aliphatic heterocycles. The number of hydrogen-bond donors (Lipinski definition) is 0. The van der Waals surface area contributed by atoms with Gasteiger partial charge in [0.2, 0.25) is 0 Å². The molecular weight excluding hydrogens is 176 g/mol. The largest absolute Gasteiger partial charge is 0.378 e. The van der Waals surface area contributed by atoms with Crippen LogP contribution in [0.5, 0.6) is 0 Å². The van der Waals surface area contributed by atoms with Crippen molar-refractivity contribution in [3.05, 3.63) is 12.2 Å². The maximum Gasteiger partial charge on any atom is 0.0643 e. The number of rotatable bonds is 3. The summed E-state index contributed by atoms with van der Waals surface area (Å²) in [6.45, 7) is 7.85. The summed E-state index contributed by atoms with van der Waals surface area (Å²) >= 11 is 0. The van der Waals surface area contributed by atoms with Crippen molar-refractivity contribution in [2.75, 3.05) is 6.61 Å². The van der Waals surface area contributed by atoms with Gasteiger partial charge in [-0.2, -0.15) is 0 Å². The predicted octanol–water partition coefficient (Wildman–Crippen LogP) is 2.87. The summed E-state index contributed by atoms with van der Waals surface area (Å²) in [5.41, 5.74) is 0. The molecule has 0 saturated heterocycles. The number of fused-ring (bicyclic) bond motifs is 2. The first-order valence-electron chi connectivity index (χ1n) is 5.29. The molecule has 0 aromatic heterocycles. The van der Waals surface area contributed by atoms with E-state index in [1.165, 1.54) is 12.8 Å². The molecule has 73 valence electrons. The minimum atomic E-state index is -0.198. The molecule has 2 rings (SSSR count). The van der Waals surface area contributed by atoms with E-state index in [9.17, 15) is 0 Å². The van der Waals surface area contributed by atoms with Crippen molar-refractivity contribution >= 4 is 8.80 Å². The molecular formula is C11H19OSi. The van der Waals surface area contributed by atoms with E-state index < -0.39 is 0 Å². The van der Waals surface area contributed by atoms with Crippen molar-refractivity contribution in [2.45, 2.75) is 44.0 Å². The van der Waals surface area contributed by atoms with E-state index >= 15 is 0 Å². The minimum absolute atomic E-state index is 0.198. The lowest BCUT2D eigenvalue weighted by atomic mass is 10.0. The topological polar surface area (TPSA) is 9.23 Å². The van der Waals surface area contributed by atoms with Crippen LogP contribution in [0, 0.1) is 5.92 Å². The molecule has 2 heteroatoms. The third kappa shape index (κ3) is 1.40. The molecule has 0 heterocycles. The fourth-order valence-corrected chi connectivity index (χ4v) is 4.44. The molecule has 1 saturated carbocycles. The van der Waals surface area contributed by atoms with Crippen LogP contribution in [0.4, 0.5) is 0 Å². The van der Waals surface area contributed by atoms with Gasteiger partial charge in [-0.3, -0.25) is 0 Å². The lowest BCUT2D eigenvalue weighted by Crippen LogP contribution is -2.25. The van der Waals surface area contributed by atoms with Gasteiger partial charge in [-0.1, -0.05) is 25.2 Å². The van der Waals surface area contributed by atoms with E-state index in [0.29, 0.717) is 11.1 Å². The Morgan fingerprint density at radius 1 is 1.46 bits per heavy atom. The minimum Gasteiger partial charge on any atom is -0.378 e. The summed E-state index contributed by atoms with van der Waals surface area (Å²) in [6, 6.07) is 0. The zero-order valence-corrected chi connectivity index (χ0v) is 9.84. The van der Waals surface area contributed by atoms with Gasteiger partial charge in [0.05, 0.1) is 14.9 Å². The molecule has 0 amide bonds. The molecule has 1 fully saturated rings.